The number of benzene rings is 3. The summed E-state index contributed by atoms with van der Waals surface area (Å²) in [7, 11) is -7.83. The lowest BCUT2D eigenvalue weighted by Gasteiger charge is -2.17. The number of nitrogens with one attached hydrogen (secondary N) is 2. The fraction of sp³-hybridized carbons (Fsp3) is 0.429. The molecule has 9 nitrogen and oxygen atoms in total. The van der Waals surface area contributed by atoms with Crippen molar-refractivity contribution in [1.29, 1.82) is 0 Å². The first-order chi connectivity index (χ1) is 23.2. The molecule has 3 aromatic rings. The highest BCUT2D eigenvalue weighted by molar-refractivity contribution is 7.93. The van der Waals surface area contributed by atoms with Gasteiger partial charge in [-0.2, -0.15) is 0 Å². The van der Waals surface area contributed by atoms with E-state index in [1.807, 2.05) is 0 Å². The molecule has 0 aliphatic carbocycles. The largest absolute Gasteiger partial charge is 0.506 e. The van der Waals surface area contributed by atoms with Crippen molar-refractivity contribution >= 4 is 77.7 Å². The molecule has 3 N–H and O–H groups in total. The SMILES string of the molecule is CCCCCCCCCCCCS(=O)(=O)c1c(Cl)cc(C(=O)Nc2cc(Cl)c(NC(=O)C(CC)S(=O)(=O)c3ccccc3)cc2O)cc1Cl. The summed E-state index contributed by atoms with van der Waals surface area (Å²) in [6.45, 7) is 3.74. The lowest BCUT2D eigenvalue weighted by molar-refractivity contribution is -0.115. The van der Waals surface area contributed by atoms with Gasteiger partial charge in [-0.15, -0.1) is 0 Å². The molecule has 0 saturated heterocycles. The molecule has 268 valence electrons. The number of aromatic hydroxyl groups is 1. The summed E-state index contributed by atoms with van der Waals surface area (Å²) in [6.07, 6.45) is 10.5. The summed E-state index contributed by atoms with van der Waals surface area (Å²) in [5.41, 5.74) is -0.286. The molecule has 0 saturated carbocycles. The molecule has 1 unspecified atom stereocenters. The highest BCUT2D eigenvalue weighted by atomic mass is 35.5. The van der Waals surface area contributed by atoms with E-state index < -0.39 is 42.5 Å². The van der Waals surface area contributed by atoms with Gasteiger partial charge in [-0.1, -0.05) is 125 Å². The molecular weight excluding hydrogens is 731 g/mol. The molecule has 0 bridgehead atoms. The lowest BCUT2D eigenvalue weighted by Crippen LogP contribution is -2.34. The Balaban J connectivity index is 1.64. The Kier molecular flexibility index (Phi) is 15.7. The zero-order valence-corrected chi connectivity index (χ0v) is 31.5. The molecule has 2 amide bonds. The summed E-state index contributed by atoms with van der Waals surface area (Å²) >= 11 is 19.0. The van der Waals surface area contributed by atoms with E-state index >= 15 is 0 Å². The molecule has 0 radical (unpaired) electrons. The minimum Gasteiger partial charge on any atom is -0.506 e. The second kappa shape index (κ2) is 19.0. The summed E-state index contributed by atoms with van der Waals surface area (Å²) in [5.74, 6) is -2.23. The highest BCUT2D eigenvalue weighted by Gasteiger charge is 2.33. The maximum absolute atomic E-state index is 13.1. The van der Waals surface area contributed by atoms with E-state index in [1.54, 1.807) is 25.1 Å². The van der Waals surface area contributed by atoms with Crippen LogP contribution < -0.4 is 10.6 Å². The van der Waals surface area contributed by atoms with Crippen molar-refractivity contribution in [3.8, 4) is 5.75 Å². The normalized spacial score (nSPS) is 12.4. The maximum Gasteiger partial charge on any atom is 0.255 e. The van der Waals surface area contributed by atoms with Crippen molar-refractivity contribution in [2.75, 3.05) is 16.4 Å². The van der Waals surface area contributed by atoms with Crippen LogP contribution in [-0.4, -0.2) is 44.8 Å². The molecule has 0 aliphatic heterocycles. The van der Waals surface area contributed by atoms with Crippen LogP contribution in [0.2, 0.25) is 15.1 Å². The number of rotatable bonds is 19. The Bertz CT molecular complexity index is 1800. The number of halogens is 3. The fourth-order valence-electron chi connectivity index (χ4n) is 5.36. The van der Waals surface area contributed by atoms with Crippen LogP contribution in [0.5, 0.6) is 5.75 Å². The average molecular weight is 774 g/mol. The van der Waals surface area contributed by atoms with Gasteiger partial charge in [-0.05, 0) is 43.2 Å². The minimum atomic E-state index is -4.01. The molecule has 3 rings (SSSR count). The van der Waals surface area contributed by atoms with Gasteiger partial charge in [0.1, 0.15) is 15.9 Å². The van der Waals surface area contributed by atoms with Crippen LogP contribution >= 0.6 is 34.8 Å². The first-order valence-electron chi connectivity index (χ1n) is 16.4. The molecule has 14 heteroatoms. The molecule has 0 spiro atoms. The van der Waals surface area contributed by atoms with Gasteiger partial charge in [-0.25, -0.2) is 16.8 Å². The summed E-state index contributed by atoms with van der Waals surface area (Å²) in [4.78, 5) is 25.8. The van der Waals surface area contributed by atoms with Crippen molar-refractivity contribution in [1.82, 2.24) is 0 Å². The van der Waals surface area contributed by atoms with E-state index in [4.69, 9.17) is 34.8 Å². The van der Waals surface area contributed by atoms with Crippen LogP contribution in [0, 0.1) is 0 Å². The van der Waals surface area contributed by atoms with Crippen molar-refractivity contribution in [3.05, 3.63) is 75.2 Å². The highest BCUT2D eigenvalue weighted by Crippen LogP contribution is 2.36. The standard InChI is InChI=1S/C35H43Cl3N2O7S2/c1-3-5-6-7-8-9-10-11-12-16-19-48(44,45)33-27(37)20-24(21-28(33)38)34(42)40-30-22-26(36)29(23-31(30)41)39-35(43)32(4-2)49(46,47)25-17-14-13-15-18-25/h13-15,17-18,20-23,32,41H,3-12,16,19H2,1-2H3,(H,39,43)(H,40,42). The van der Waals surface area contributed by atoms with Crippen LogP contribution in [0.25, 0.3) is 0 Å². The number of hydrogen-bond acceptors (Lipinski definition) is 7. The Morgan fingerprint density at radius 1 is 0.714 bits per heavy atom. The summed E-state index contributed by atoms with van der Waals surface area (Å²) in [5, 5.41) is 13.6. The molecule has 0 aliphatic rings. The van der Waals surface area contributed by atoms with Gasteiger partial charge in [0.05, 0.1) is 37.1 Å². The van der Waals surface area contributed by atoms with Gasteiger partial charge < -0.3 is 15.7 Å². The van der Waals surface area contributed by atoms with E-state index in [2.05, 4.69) is 17.6 Å². The van der Waals surface area contributed by atoms with Crippen molar-refractivity contribution in [3.63, 3.8) is 0 Å². The third-order valence-corrected chi connectivity index (χ3v) is 13.3. The number of phenolic OH excluding ortho intramolecular Hbond substituents is 1. The second-order valence-electron chi connectivity index (χ2n) is 11.8. The maximum atomic E-state index is 13.1. The van der Waals surface area contributed by atoms with Crippen LogP contribution in [0.4, 0.5) is 11.4 Å². The first kappa shape index (κ1) is 40.6. The molecule has 1 atom stereocenters. The fourth-order valence-corrected chi connectivity index (χ4v) is 9.90. The number of unbranched alkanes of at least 4 members (excludes halogenated alkanes) is 9. The number of sulfone groups is 2. The minimum absolute atomic E-state index is 0.0103. The monoisotopic (exact) mass is 772 g/mol. The zero-order valence-electron chi connectivity index (χ0n) is 27.6. The van der Waals surface area contributed by atoms with Crippen molar-refractivity contribution in [2.45, 2.75) is 99.5 Å². The van der Waals surface area contributed by atoms with E-state index in [0.29, 0.717) is 6.42 Å². The van der Waals surface area contributed by atoms with Crippen molar-refractivity contribution in [2.24, 2.45) is 0 Å². The number of phenols is 1. The van der Waals surface area contributed by atoms with E-state index in [9.17, 15) is 31.5 Å². The van der Waals surface area contributed by atoms with Gasteiger partial charge in [0.2, 0.25) is 5.91 Å². The molecular formula is C35H43Cl3N2O7S2. The molecule has 0 fully saturated rings. The van der Waals surface area contributed by atoms with Crippen LogP contribution in [-0.2, 0) is 24.5 Å². The second-order valence-corrected chi connectivity index (χ2v) is 17.2. The third kappa shape index (κ3) is 11.3. The smallest absolute Gasteiger partial charge is 0.255 e. The van der Waals surface area contributed by atoms with Gasteiger partial charge in [0.15, 0.2) is 19.7 Å². The van der Waals surface area contributed by atoms with Gasteiger partial charge in [0, 0.05) is 11.6 Å². The van der Waals surface area contributed by atoms with E-state index in [-0.39, 0.29) is 54.0 Å². The number of carbonyl (C=O) groups is 2. The predicted octanol–water partition coefficient (Wildman–Crippen LogP) is 9.49. The summed E-state index contributed by atoms with van der Waals surface area (Å²) < 4.78 is 52.3. The Morgan fingerprint density at radius 3 is 1.82 bits per heavy atom. The topological polar surface area (TPSA) is 147 Å². The number of amides is 2. The number of carbonyl (C=O) groups excluding carboxylic acids is 2. The molecule has 3 aromatic carbocycles. The van der Waals surface area contributed by atoms with Crippen molar-refractivity contribution < 1.29 is 31.5 Å². The Morgan fingerprint density at radius 2 is 1.27 bits per heavy atom. The number of hydrogen-bond donors (Lipinski definition) is 3. The van der Waals surface area contributed by atoms with Gasteiger partial charge in [-0.3, -0.25) is 9.59 Å². The van der Waals surface area contributed by atoms with Crippen LogP contribution in [0.15, 0.2) is 64.4 Å². The average Bonchev–Trinajstić information content (AvgIpc) is 3.04. The molecule has 0 heterocycles. The Labute approximate surface area is 304 Å². The molecule has 49 heavy (non-hydrogen) atoms. The molecule has 0 aromatic heterocycles. The van der Waals surface area contributed by atoms with Crippen LogP contribution in [0.1, 0.15) is 94.8 Å². The third-order valence-electron chi connectivity index (χ3n) is 8.04. The zero-order chi connectivity index (χ0) is 36.2. The number of anilines is 2. The Hall–Kier alpha value is -2.83. The van der Waals surface area contributed by atoms with E-state index in [0.717, 1.165) is 31.7 Å². The first-order valence-corrected chi connectivity index (χ1v) is 20.7. The van der Waals surface area contributed by atoms with Gasteiger partial charge in [0.25, 0.3) is 5.91 Å². The van der Waals surface area contributed by atoms with Gasteiger partial charge >= 0.3 is 0 Å². The van der Waals surface area contributed by atoms with E-state index in [1.165, 1.54) is 62.4 Å². The summed E-state index contributed by atoms with van der Waals surface area (Å²) in [6, 6.07) is 12.2. The quantitative estimate of drug-likeness (QED) is 0.0812. The lowest BCUT2D eigenvalue weighted by atomic mass is 10.1. The predicted molar refractivity (Wildman–Crippen MR) is 198 cm³/mol. The van der Waals surface area contributed by atoms with Crippen LogP contribution in [0.3, 0.4) is 0 Å².